The summed E-state index contributed by atoms with van der Waals surface area (Å²) >= 11 is 0. The third kappa shape index (κ3) is 3.44. The molecule has 2 aromatic rings. The van der Waals surface area contributed by atoms with Crippen LogP contribution in [0.3, 0.4) is 0 Å². The predicted octanol–water partition coefficient (Wildman–Crippen LogP) is 1.61. The van der Waals surface area contributed by atoms with Gasteiger partial charge in [0, 0.05) is 18.8 Å². The summed E-state index contributed by atoms with van der Waals surface area (Å²) in [6.07, 6.45) is 2.81. The fourth-order valence-corrected chi connectivity index (χ4v) is 1.66. The molecule has 0 aliphatic carbocycles. The minimum absolute atomic E-state index is 0.0407. The molecule has 6 nitrogen and oxygen atoms in total. The molecule has 7 heteroatoms. The van der Waals surface area contributed by atoms with E-state index in [1.807, 2.05) is 0 Å². The van der Waals surface area contributed by atoms with E-state index < -0.39 is 24.2 Å². The van der Waals surface area contributed by atoms with Crippen LogP contribution in [0, 0.1) is 5.82 Å². The highest BCUT2D eigenvalue weighted by molar-refractivity contribution is 5.99. The van der Waals surface area contributed by atoms with Gasteiger partial charge in [-0.1, -0.05) is 0 Å². The molecule has 0 radical (unpaired) electrons. The SMILES string of the molecule is COc1ccc(C(=O)COC(=O)c2cnn(C)c2)cc1F. The molecule has 0 amide bonds. The second kappa shape index (κ2) is 6.17. The molecule has 0 aliphatic rings. The Labute approximate surface area is 120 Å². The van der Waals surface area contributed by atoms with Crippen LogP contribution in [-0.4, -0.2) is 35.2 Å². The molecule has 0 spiro atoms. The van der Waals surface area contributed by atoms with Crippen LogP contribution < -0.4 is 4.74 Å². The molecule has 0 saturated heterocycles. The zero-order chi connectivity index (χ0) is 15.4. The Hall–Kier alpha value is -2.70. The lowest BCUT2D eigenvalue weighted by molar-refractivity contribution is 0.0474. The van der Waals surface area contributed by atoms with E-state index in [9.17, 15) is 14.0 Å². The number of halogens is 1. The van der Waals surface area contributed by atoms with Crippen molar-refractivity contribution in [3.63, 3.8) is 0 Å². The molecule has 0 saturated carbocycles. The van der Waals surface area contributed by atoms with Crippen molar-refractivity contribution in [1.29, 1.82) is 0 Å². The maximum absolute atomic E-state index is 13.5. The van der Waals surface area contributed by atoms with Crippen LogP contribution in [-0.2, 0) is 11.8 Å². The normalized spacial score (nSPS) is 10.2. The Morgan fingerprint density at radius 2 is 2.10 bits per heavy atom. The van der Waals surface area contributed by atoms with E-state index in [1.165, 1.54) is 36.3 Å². The van der Waals surface area contributed by atoms with Crippen LogP contribution in [0.4, 0.5) is 4.39 Å². The number of nitrogens with zero attached hydrogens (tertiary/aromatic N) is 2. The first-order chi connectivity index (χ1) is 10.0. The summed E-state index contributed by atoms with van der Waals surface area (Å²) in [7, 11) is 2.98. The quantitative estimate of drug-likeness (QED) is 0.618. The van der Waals surface area contributed by atoms with Gasteiger partial charge in [0.1, 0.15) is 0 Å². The van der Waals surface area contributed by atoms with Crippen molar-refractivity contribution in [2.75, 3.05) is 13.7 Å². The van der Waals surface area contributed by atoms with Gasteiger partial charge in [-0.05, 0) is 18.2 Å². The Kier molecular flexibility index (Phi) is 4.32. The lowest BCUT2D eigenvalue weighted by Gasteiger charge is -2.05. The van der Waals surface area contributed by atoms with Crippen LogP contribution in [0.1, 0.15) is 20.7 Å². The van der Waals surface area contributed by atoms with E-state index in [4.69, 9.17) is 9.47 Å². The molecule has 21 heavy (non-hydrogen) atoms. The highest BCUT2D eigenvalue weighted by Gasteiger charge is 2.14. The number of ether oxygens (including phenoxy) is 2. The van der Waals surface area contributed by atoms with Crippen LogP contribution in [0.2, 0.25) is 0 Å². The van der Waals surface area contributed by atoms with Crippen LogP contribution in [0.25, 0.3) is 0 Å². The fraction of sp³-hybridized carbons (Fsp3) is 0.214. The fourth-order valence-electron chi connectivity index (χ4n) is 1.66. The highest BCUT2D eigenvalue weighted by Crippen LogP contribution is 2.18. The average Bonchev–Trinajstić information content (AvgIpc) is 2.91. The minimum atomic E-state index is -0.662. The van der Waals surface area contributed by atoms with Crippen LogP contribution >= 0.6 is 0 Å². The summed E-state index contributed by atoms with van der Waals surface area (Å²) in [6, 6.07) is 3.78. The number of carbonyl (C=O) groups excluding carboxylic acids is 2. The third-order valence-electron chi connectivity index (χ3n) is 2.75. The van der Waals surface area contributed by atoms with Crippen molar-refractivity contribution >= 4 is 11.8 Å². The number of carbonyl (C=O) groups is 2. The number of rotatable bonds is 5. The number of esters is 1. The summed E-state index contributed by atoms with van der Waals surface area (Å²) in [4.78, 5) is 23.5. The van der Waals surface area contributed by atoms with Gasteiger partial charge < -0.3 is 9.47 Å². The van der Waals surface area contributed by atoms with Gasteiger partial charge in [-0.25, -0.2) is 9.18 Å². The smallest absolute Gasteiger partial charge is 0.341 e. The maximum Gasteiger partial charge on any atom is 0.341 e. The molecule has 0 bridgehead atoms. The first kappa shape index (κ1) is 14.7. The third-order valence-corrected chi connectivity index (χ3v) is 2.75. The van der Waals surface area contributed by atoms with Gasteiger partial charge in [-0.15, -0.1) is 0 Å². The number of Topliss-reactive ketones (excluding diaryl/α,β-unsaturated/α-hetero) is 1. The number of benzene rings is 1. The van der Waals surface area contributed by atoms with E-state index in [2.05, 4.69) is 5.10 Å². The minimum Gasteiger partial charge on any atom is -0.494 e. The van der Waals surface area contributed by atoms with E-state index in [0.29, 0.717) is 0 Å². The first-order valence-corrected chi connectivity index (χ1v) is 6.03. The van der Waals surface area contributed by atoms with E-state index in [1.54, 1.807) is 7.05 Å². The largest absolute Gasteiger partial charge is 0.494 e. The summed E-state index contributed by atoms with van der Waals surface area (Å²) in [6.45, 7) is -0.473. The molecule has 2 rings (SSSR count). The Morgan fingerprint density at radius 1 is 1.33 bits per heavy atom. The van der Waals surface area contributed by atoms with E-state index >= 15 is 0 Å². The van der Waals surface area contributed by atoms with Gasteiger partial charge in [0.15, 0.2) is 24.0 Å². The average molecular weight is 292 g/mol. The van der Waals surface area contributed by atoms with Crippen molar-refractivity contribution in [3.8, 4) is 5.75 Å². The number of aryl methyl sites for hydroxylation is 1. The van der Waals surface area contributed by atoms with Gasteiger partial charge in [0.05, 0.1) is 18.9 Å². The molecule has 1 aromatic carbocycles. The zero-order valence-corrected chi connectivity index (χ0v) is 11.5. The Balaban J connectivity index is 1.98. The topological polar surface area (TPSA) is 70.4 Å². The monoisotopic (exact) mass is 292 g/mol. The maximum atomic E-state index is 13.5. The Bertz CT molecular complexity index is 681. The second-order valence-electron chi connectivity index (χ2n) is 4.25. The van der Waals surface area contributed by atoms with Crippen molar-refractivity contribution in [1.82, 2.24) is 9.78 Å². The molecule has 1 heterocycles. The molecule has 1 aromatic heterocycles. The van der Waals surface area contributed by atoms with Gasteiger partial charge >= 0.3 is 5.97 Å². The molecule has 110 valence electrons. The van der Waals surface area contributed by atoms with Gasteiger partial charge in [-0.2, -0.15) is 5.10 Å². The lowest BCUT2D eigenvalue weighted by atomic mass is 10.1. The van der Waals surface area contributed by atoms with Crippen LogP contribution in [0.15, 0.2) is 30.6 Å². The summed E-state index contributed by atoms with van der Waals surface area (Å²) in [5.41, 5.74) is 0.346. The molecular formula is C14H13FN2O4. The van der Waals surface area contributed by atoms with Crippen molar-refractivity contribution < 1.29 is 23.5 Å². The van der Waals surface area contributed by atoms with E-state index in [-0.39, 0.29) is 16.9 Å². The number of hydrogen-bond acceptors (Lipinski definition) is 5. The number of aromatic nitrogens is 2. The number of ketones is 1. The molecule has 0 atom stereocenters. The van der Waals surface area contributed by atoms with Crippen LogP contribution in [0.5, 0.6) is 5.75 Å². The van der Waals surface area contributed by atoms with Crippen molar-refractivity contribution in [3.05, 3.63) is 47.5 Å². The second-order valence-corrected chi connectivity index (χ2v) is 4.25. The molecular weight excluding hydrogens is 279 g/mol. The Morgan fingerprint density at radius 3 is 2.67 bits per heavy atom. The molecule has 0 N–H and O–H groups in total. The van der Waals surface area contributed by atoms with E-state index in [0.717, 1.165) is 6.07 Å². The van der Waals surface area contributed by atoms with Gasteiger partial charge in [-0.3, -0.25) is 9.48 Å². The summed E-state index contributed by atoms with van der Waals surface area (Å²) < 4.78 is 24.5. The number of methoxy groups -OCH3 is 1. The number of hydrogen-bond donors (Lipinski definition) is 0. The first-order valence-electron chi connectivity index (χ1n) is 6.03. The zero-order valence-electron chi connectivity index (χ0n) is 11.5. The molecule has 0 fully saturated rings. The van der Waals surface area contributed by atoms with Crippen molar-refractivity contribution in [2.45, 2.75) is 0 Å². The standard InChI is InChI=1S/C14H13FN2O4/c1-17-7-10(6-16-17)14(19)21-8-12(18)9-3-4-13(20-2)11(15)5-9/h3-7H,8H2,1-2H3. The van der Waals surface area contributed by atoms with Gasteiger partial charge in [0.2, 0.25) is 0 Å². The highest BCUT2D eigenvalue weighted by atomic mass is 19.1. The summed E-state index contributed by atoms with van der Waals surface area (Å²) in [5.74, 6) is -1.78. The summed E-state index contributed by atoms with van der Waals surface area (Å²) in [5, 5.41) is 3.82. The van der Waals surface area contributed by atoms with Crippen molar-refractivity contribution in [2.24, 2.45) is 7.05 Å². The lowest BCUT2D eigenvalue weighted by Crippen LogP contribution is -2.14. The molecule has 0 unspecified atom stereocenters. The van der Waals surface area contributed by atoms with Gasteiger partial charge in [0.25, 0.3) is 0 Å². The predicted molar refractivity (Wildman–Crippen MR) is 70.8 cm³/mol. The molecule has 0 aliphatic heterocycles.